The second kappa shape index (κ2) is 7.72. The molecule has 1 saturated heterocycles. The lowest BCUT2D eigenvalue weighted by Crippen LogP contribution is -2.44. The summed E-state index contributed by atoms with van der Waals surface area (Å²) in [5.41, 5.74) is 7.15. The average Bonchev–Trinajstić information content (AvgIpc) is 2.47. The van der Waals surface area contributed by atoms with Crippen molar-refractivity contribution in [3.8, 4) is 0 Å². The highest BCUT2D eigenvalue weighted by atomic mass is 32.1. The first-order chi connectivity index (χ1) is 9.72. The number of piperidine rings is 1. The summed E-state index contributed by atoms with van der Waals surface area (Å²) in [4.78, 5) is 3.01. The third-order valence-corrected chi connectivity index (χ3v) is 4.46. The molecule has 2 rings (SSSR count). The first-order valence-electron chi connectivity index (χ1n) is 7.41. The van der Waals surface area contributed by atoms with E-state index in [1.165, 1.54) is 24.8 Å². The van der Waals surface area contributed by atoms with E-state index in [0.29, 0.717) is 11.0 Å². The molecule has 2 atom stereocenters. The normalized spacial score (nSPS) is 21.6. The molecule has 3 nitrogen and oxygen atoms in total. The molecule has 1 aliphatic rings. The van der Waals surface area contributed by atoms with E-state index in [9.17, 15) is 5.11 Å². The zero-order valence-corrected chi connectivity index (χ0v) is 12.7. The molecule has 1 heterocycles. The van der Waals surface area contributed by atoms with E-state index in [-0.39, 0.29) is 12.5 Å². The predicted molar refractivity (Wildman–Crippen MR) is 86.9 cm³/mol. The van der Waals surface area contributed by atoms with Gasteiger partial charge in [0.25, 0.3) is 0 Å². The van der Waals surface area contributed by atoms with Gasteiger partial charge in [0.05, 0.1) is 4.99 Å². The molecular formula is C16H24N2OS. The molecule has 0 aromatic heterocycles. The van der Waals surface area contributed by atoms with Crippen molar-refractivity contribution in [2.75, 3.05) is 19.7 Å². The van der Waals surface area contributed by atoms with Gasteiger partial charge in [0.2, 0.25) is 0 Å². The van der Waals surface area contributed by atoms with Gasteiger partial charge in [-0.15, -0.1) is 0 Å². The minimum Gasteiger partial charge on any atom is -0.396 e. The van der Waals surface area contributed by atoms with Crippen LogP contribution < -0.4 is 5.73 Å². The molecule has 0 bridgehead atoms. The standard InChI is InChI=1S/C16H24N2OS/c17-16(20)15(13-6-2-1-3-7-13)12-18-10-5-4-8-14(18)9-11-19/h1-3,6-7,14-15,19H,4-5,8-12H2,(H2,17,20). The number of likely N-dealkylation sites (tertiary alicyclic amines) is 1. The summed E-state index contributed by atoms with van der Waals surface area (Å²) in [6.07, 6.45) is 4.49. The van der Waals surface area contributed by atoms with Crippen LogP contribution in [-0.4, -0.2) is 40.7 Å². The Morgan fingerprint density at radius 1 is 1.35 bits per heavy atom. The second-order valence-electron chi connectivity index (χ2n) is 5.52. The number of hydrogen-bond donors (Lipinski definition) is 2. The number of aliphatic hydroxyl groups excluding tert-OH is 1. The SMILES string of the molecule is NC(=S)C(CN1CCCCC1CCO)c1ccccc1. The van der Waals surface area contributed by atoms with E-state index in [1.807, 2.05) is 18.2 Å². The Kier molecular flexibility index (Phi) is 5.95. The highest BCUT2D eigenvalue weighted by Gasteiger charge is 2.26. The Bertz CT molecular complexity index is 422. The van der Waals surface area contributed by atoms with Crippen molar-refractivity contribution < 1.29 is 5.11 Å². The van der Waals surface area contributed by atoms with Crippen LogP contribution in [0.3, 0.4) is 0 Å². The summed E-state index contributed by atoms with van der Waals surface area (Å²) >= 11 is 5.27. The molecule has 1 aromatic carbocycles. The summed E-state index contributed by atoms with van der Waals surface area (Å²) in [5.74, 6) is 0.102. The second-order valence-corrected chi connectivity index (χ2v) is 5.99. The van der Waals surface area contributed by atoms with E-state index in [0.717, 1.165) is 19.5 Å². The quantitative estimate of drug-likeness (QED) is 0.790. The topological polar surface area (TPSA) is 49.5 Å². The van der Waals surface area contributed by atoms with Crippen LogP contribution in [0.4, 0.5) is 0 Å². The van der Waals surface area contributed by atoms with Gasteiger partial charge in [-0.3, -0.25) is 4.90 Å². The zero-order valence-electron chi connectivity index (χ0n) is 11.9. The van der Waals surface area contributed by atoms with Gasteiger partial charge < -0.3 is 10.8 Å². The van der Waals surface area contributed by atoms with Crippen LogP contribution in [0.1, 0.15) is 37.2 Å². The molecule has 1 aliphatic heterocycles. The van der Waals surface area contributed by atoms with Crippen LogP contribution in [0.2, 0.25) is 0 Å². The summed E-state index contributed by atoms with van der Waals surface area (Å²) in [6.45, 7) is 2.20. The van der Waals surface area contributed by atoms with Crippen molar-refractivity contribution in [1.82, 2.24) is 4.90 Å². The van der Waals surface area contributed by atoms with E-state index in [1.54, 1.807) is 0 Å². The highest BCUT2D eigenvalue weighted by molar-refractivity contribution is 7.80. The lowest BCUT2D eigenvalue weighted by Gasteiger charge is -2.37. The fraction of sp³-hybridized carbons (Fsp3) is 0.562. The smallest absolute Gasteiger partial charge is 0.0816 e. The van der Waals surface area contributed by atoms with Crippen LogP contribution in [0.5, 0.6) is 0 Å². The molecule has 0 saturated carbocycles. The third kappa shape index (κ3) is 4.01. The molecule has 2 unspecified atom stereocenters. The van der Waals surface area contributed by atoms with Crippen molar-refractivity contribution in [2.24, 2.45) is 5.73 Å². The third-order valence-electron chi connectivity index (χ3n) is 4.17. The number of hydrogen-bond acceptors (Lipinski definition) is 3. The molecule has 0 aliphatic carbocycles. The zero-order chi connectivity index (χ0) is 14.4. The Morgan fingerprint density at radius 3 is 2.75 bits per heavy atom. The molecular weight excluding hydrogens is 268 g/mol. The Hall–Kier alpha value is -0.970. The molecule has 0 amide bonds. The summed E-state index contributed by atoms with van der Waals surface area (Å²) in [6, 6.07) is 10.7. The summed E-state index contributed by atoms with van der Waals surface area (Å²) < 4.78 is 0. The van der Waals surface area contributed by atoms with Gasteiger partial charge in [-0.2, -0.15) is 0 Å². The largest absolute Gasteiger partial charge is 0.396 e. The molecule has 4 heteroatoms. The van der Waals surface area contributed by atoms with Crippen molar-refractivity contribution in [3.63, 3.8) is 0 Å². The monoisotopic (exact) mass is 292 g/mol. The fourth-order valence-electron chi connectivity index (χ4n) is 3.06. The van der Waals surface area contributed by atoms with E-state index < -0.39 is 0 Å². The molecule has 3 N–H and O–H groups in total. The number of aliphatic hydroxyl groups is 1. The molecule has 0 radical (unpaired) electrons. The van der Waals surface area contributed by atoms with Gasteiger partial charge >= 0.3 is 0 Å². The van der Waals surface area contributed by atoms with Crippen molar-refractivity contribution in [2.45, 2.75) is 37.6 Å². The van der Waals surface area contributed by atoms with Crippen LogP contribution in [0.15, 0.2) is 30.3 Å². The maximum atomic E-state index is 9.22. The van der Waals surface area contributed by atoms with E-state index >= 15 is 0 Å². The molecule has 1 fully saturated rings. The number of rotatable bonds is 6. The molecule has 110 valence electrons. The van der Waals surface area contributed by atoms with Crippen molar-refractivity contribution in [1.29, 1.82) is 0 Å². The van der Waals surface area contributed by atoms with Crippen LogP contribution in [0.25, 0.3) is 0 Å². The Balaban J connectivity index is 2.09. The van der Waals surface area contributed by atoms with Gasteiger partial charge in [-0.1, -0.05) is 49.0 Å². The van der Waals surface area contributed by atoms with Gasteiger partial charge in [-0.05, 0) is 31.4 Å². The predicted octanol–water partition coefficient (Wildman–Crippen LogP) is 2.29. The number of benzene rings is 1. The summed E-state index contributed by atoms with van der Waals surface area (Å²) in [7, 11) is 0. The van der Waals surface area contributed by atoms with Crippen molar-refractivity contribution in [3.05, 3.63) is 35.9 Å². The Morgan fingerprint density at radius 2 is 2.10 bits per heavy atom. The minimum atomic E-state index is 0.102. The Labute approximate surface area is 126 Å². The van der Waals surface area contributed by atoms with E-state index in [2.05, 4.69) is 17.0 Å². The van der Waals surface area contributed by atoms with Gasteiger partial charge in [-0.25, -0.2) is 0 Å². The maximum absolute atomic E-state index is 9.22. The van der Waals surface area contributed by atoms with Gasteiger partial charge in [0, 0.05) is 25.1 Å². The van der Waals surface area contributed by atoms with Crippen molar-refractivity contribution >= 4 is 17.2 Å². The van der Waals surface area contributed by atoms with Crippen LogP contribution >= 0.6 is 12.2 Å². The van der Waals surface area contributed by atoms with Crippen LogP contribution in [-0.2, 0) is 0 Å². The lowest BCUT2D eigenvalue weighted by atomic mass is 9.94. The van der Waals surface area contributed by atoms with Crippen LogP contribution in [0, 0.1) is 0 Å². The molecule has 0 spiro atoms. The average molecular weight is 292 g/mol. The summed E-state index contributed by atoms with van der Waals surface area (Å²) in [5, 5.41) is 9.22. The maximum Gasteiger partial charge on any atom is 0.0816 e. The van der Waals surface area contributed by atoms with Gasteiger partial charge in [0.15, 0.2) is 0 Å². The lowest BCUT2D eigenvalue weighted by molar-refractivity contribution is 0.118. The molecule has 1 aromatic rings. The molecule has 20 heavy (non-hydrogen) atoms. The minimum absolute atomic E-state index is 0.102. The first kappa shape index (κ1) is 15.4. The fourth-order valence-corrected chi connectivity index (χ4v) is 3.27. The van der Waals surface area contributed by atoms with Gasteiger partial charge in [0.1, 0.15) is 0 Å². The van der Waals surface area contributed by atoms with E-state index in [4.69, 9.17) is 18.0 Å². The number of nitrogens with two attached hydrogens (primary N) is 1. The number of nitrogens with zero attached hydrogens (tertiary/aromatic N) is 1. The highest BCUT2D eigenvalue weighted by Crippen LogP contribution is 2.24. The first-order valence-corrected chi connectivity index (χ1v) is 7.82. The number of thiocarbonyl (C=S) groups is 1.